The number of quaternary nitrogens is 1. The van der Waals surface area contributed by atoms with E-state index in [4.69, 9.17) is 14.2 Å². The first-order valence-corrected chi connectivity index (χ1v) is 20.0. The number of tetrazole rings is 1. The zero-order valence-corrected chi connectivity index (χ0v) is 33.6. The van der Waals surface area contributed by atoms with Gasteiger partial charge in [0.15, 0.2) is 5.82 Å². The van der Waals surface area contributed by atoms with Crippen LogP contribution in [-0.4, -0.2) is 79.4 Å². The number of fused-ring (bicyclic) bond motifs is 1. The molecule has 2 heterocycles. The summed E-state index contributed by atoms with van der Waals surface area (Å²) in [5.74, 6) is 1.56. The van der Waals surface area contributed by atoms with Gasteiger partial charge in [0.2, 0.25) is 10.0 Å². The van der Waals surface area contributed by atoms with Crippen molar-refractivity contribution in [2.45, 2.75) is 43.7 Å². The first kappa shape index (κ1) is 40.4. The second kappa shape index (κ2) is 16.2. The highest BCUT2D eigenvalue weighted by Gasteiger charge is 2.43. The molecule has 0 saturated carbocycles. The van der Waals surface area contributed by atoms with Gasteiger partial charge in [-0.1, -0.05) is 60.7 Å². The summed E-state index contributed by atoms with van der Waals surface area (Å²) in [6, 6.07) is 28.4. The highest BCUT2D eigenvalue weighted by Crippen LogP contribution is 2.47. The fourth-order valence-corrected chi connectivity index (χ4v) is 9.24. The van der Waals surface area contributed by atoms with E-state index in [1.165, 1.54) is 25.0 Å². The number of aromatic nitrogens is 4. The number of rotatable bonds is 13. The number of ether oxygens (including phenoxy) is 3. The average molecular weight is 814 g/mol. The van der Waals surface area contributed by atoms with Gasteiger partial charge in [-0.3, -0.25) is 0 Å². The number of halogens is 3. The van der Waals surface area contributed by atoms with Crippen LogP contribution in [0.4, 0.5) is 13.2 Å². The molecule has 0 spiro atoms. The van der Waals surface area contributed by atoms with Crippen LogP contribution in [0.3, 0.4) is 0 Å². The molecule has 0 fully saturated rings. The monoisotopic (exact) mass is 813 g/mol. The standard InChI is InChI=1S/C43H44F3N6O5S/c1-52(2)24-23-36-32(28-52)7-6-8-37(36)38-21-22-39(43(44,45)46)41(40(38)42-47-48-49-51(42)27-31-13-19-35(57-5)20-14-31)58(53,54)50(25-29-9-15-33(55-3)16-10-29)26-30-11-17-34(56-4)18-12-30/h6-22H,23-28H2,1-5H3/q+1. The fraction of sp³-hybridized carbons (Fsp3) is 0.279. The summed E-state index contributed by atoms with van der Waals surface area (Å²) in [6.45, 7) is 0.976. The maximum Gasteiger partial charge on any atom is 0.417 e. The molecule has 0 amide bonds. The predicted molar refractivity (Wildman–Crippen MR) is 213 cm³/mol. The summed E-state index contributed by atoms with van der Waals surface area (Å²) in [5, 5.41) is 12.4. The van der Waals surface area contributed by atoms with Crippen molar-refractivity contribution in [3.8, 4) is 39.8 Å². The Morgan fingerprint density at radius 1 is 0.741 bits per heavy atom. The highest BCUT2D eigenvalue weighted by atomic mass is 32.2. The van der Waals surface area contributed by atoms with Crippen LogP contribution in [-0.2, 0) is 48.8 Å². The van der Waals surface area contributed by atoms with Gasteiger partial charge in [-0.25, -0.2) is 13.1 Å². The Labute approximate surface area is 335 Å². The lowest BCUT2D eigenvalue weighted by Gasteiger charge is -2.36. The van der Waals surface area contributed by atoms with Crippen molar-refractivity contribution in [3.05, 3.63) is 137 Å². The van der Waals surface area contributed by atoms with E-state index >= 15 is 21.6 Å². The maximum absolute atomic E-state index is 15.6. The number of hydrogen-bond donors (Lipinski definition) is 0. The molecule has 0 radical (unpaired) electrons. The van der Waals surface area contributed by atoms with Gasteiger partial charge < -0.3 is 18.7 Å². The Balaban J connectivity index is 1.50. The minimum Gasteiger partial charge on any atom is -0.497 e. The fourth-order valence-electron chi connectivity index (χ4n) is 7.42. The van der Waals surface area contributed by atoms with Crippen molar-refractivity contribution in [2.75, 3.05) is 42.0 Å². The Hall–Kier alpha value is -5.77. The Morgan fingerprint density at radius 3 is 1.83 bits per heavy atom. The third-order valence-corrected chi connectivity index (χ3v) is 12.4. The zero-order valence-electron chi connectivity index (χ0n) is 32.8. The average Bonchev–Trinajstić information content (AvgIpc) is 3.67. The quantitative estimate of drug-likeness (QED) is 0.110. The molecule has 5 aromatic carbocycles. The van der Waals surface area contributed by atoms with Crippen LogP contribution in [0.2, 0.25) is 0 Å². The summed E-state index contributed by atoms with van der Waals surface area (Å²) < 4.78 is 96.7. The second-order valence-electron chi connectivity index (χ2n) is 14.9. The summed E-state index contributed by atoms with van der Waals surface area (Å²) in [7, 11) is 3.76. The molecule has 15 heteroatoms. The maximum atomic E-state index is 15.6. The number of hydrogen-bond acceptors (Lipinski definition) is 8. The normalized spacial score (nSPS) is 13.9. The van der Waals surface area contributed by atoms with Gasteiger partial charge in [-0.05, 0) is 86.3 Å². The van der Waals surface area contributed by atoms with Crippen molar-refractivity contribution in [3.63, 3.8) is 0 Å². The Bertz CT molecular complexity index is 2460. The molecule has 1 aliphatic heterocycles. The molecule has 0 atom stereocenters. The van der Waals surface area contributed by atoms with Crippen LogP contribution in [0.25, 0.3) is 22.5 Å². The van der Waals surface area contributed by atoms with Crippen LogP contribution in [0.5, 0.6) is 17.2 Å². The lowest BCUT2D eigenvalue weighted by molar-refractivity contribution is -0.905. The van der Waals surface area contributed by atoms with Crippen molar-refractivity contribution in [2.24, 2.45) is 0 Å². The third kappa shape index (κ3) is 8.42. The van der Waals surface area contributed by atoms with Gasteiger partial charge >= 0.3 is 6.18 Å². The van der Waals surface area contributed by atoms with Crippen molar-refractivity contribution >= 4 is 10.0 Å². The Kier molecular flexibility index (Phi) is 11.3. The summed E-state index contributed by atoms with van der Waals surface area (Å²) >= 11 is 0. The van der Waals surface area contributed by atoms with E-state index in [0.717, 1.165) is 32.5 Å². The summed E-state index contributed by atoms with van der Waals surface area (Å²) in [5.41, 5.74) is 3.07. The van der Waals surface area contributed by atoms with Crippen molar-refractivity contribution in [1.29, 1.82) is 0 Å². The lowest BCUT2D eigenvalue weighted by Crippen LogP contribution is -2.43. The number of nitrogens with zero attached hydrogens (tertiary/aromatic N) is 6. The van der Waals surface area contributed by atoms with Crippen LogP contribution < -0.4 is 14.2 Å². The van der Waals surface area contributed by atoms with E-state index in [1.54, 1.807) is 79.9 Å². The number of benzene rings is 5. The first-order chi connectivity index (χ1) is 27.7. The molecular weight excluding hydrogens is 770 g/mol. The van der Waals surface area contributed by atoms with Crippen LogP contribution in [0, 0.1) is 0 Å². The molecule has 0 N–H and O–H groups in total. The summed E-state index contributed by atoms with van der Waals surface area (Å²) in [4.78, 5) is -0.935. The second-order valence-corrected chi connectivity index (χ2v) is 16.7. The molecule has 11 nitrogen and oxygen atoms in total. The van der Waals surface area contributed by atoms with Gasteiger partial charge in [0.1, 0.15) is 28.7 Å². The number of likely N-dealkylation sites (N-methyl/N-ethyl adjacent to an activating group) is 1. The molecule has 0 aliphatic carbocycles. The lowest BCUT2D eigenvalue weighted by atomic mass is 9.87. The Morgan fingerprint density at radius 2 is 1.29 bits per heavy atom. The van der Waals surface area contributed by atoms with E-state index in [1.807, 2.05) is 18.2 Å². The minimum atomic E-state index is -5.09. The number of alkyl halides is 3. The van der Waals surface area contributed by atoms with E-state index in [2.05, 4.69) is 29.6 Å². The number of sulfonamides is 1. The van der Waals surface area contributed by atoms with Crippen molar-refractivity contribution < 1.29 is 40.3 Å². The van der Waals surface area contributed by atoms with Gasteiger partial charge in [-0.2, -0.15) is 17.5 Å². The van der Waals surface area contributed by atoms with E-state index in [0.29, 0.717) is 52.5 Å². The van der Waals surface area contributed by atoms with E-state index < -0.39 is 26.7 Å². The van der Waals surface area contributed by atoms with Crippen LogP contribution in [0.15, 0.2) is 108 Å². The highest BCUT2D eigenvalue weighted by molar-refractivity contribution is 7.89. The molecule has 0 bridgehead atoms. The zero-order chi connectivity index (χ0) is 41.2. The predicted octanol–water partition coefficient (Wildman–Crippen LogP) is 7.62. The minimum absolute atomic E-state index is 0.0292. The first-order valence-electron chi connectivity index (χ1n) is 18.5. The smallest absolute Gasteiger partial charge is 0.417 e. The largest absolute Gasteiger partial charge is 0.497 e. The molecular formula is C43H44F3N6O5S+. The van der Waals surface area contributed by atoms with Gasteiger partial charge in [0.25, 0.3) is 0 Å². The molecule has 6 aromatic rings. The van der Waals surface area contributed by atoms with E-state index in [-0.39, 0.29) is 36.6 Å². The third-order valence-electron chi connectivity index (χ3n) is 10.5. The molecule has 58 heavy (non-hydrogen) atoms. The molecule has 7 rings (SSSR count). The topological polar surface area (TPSA) is 109 Å². The molecule has 0 saturated heterocycles. The molecule has 1 aromatic heterocycles. The molecule has 302 valence electrons. The molecule has 0 unspecified atom stereocenters. The van der Waals surface area contributed by atoms with Gasteiger partial charge in [0.05, 0.1) is 54.1 Å². The summed E-state index contributed by atoms with van der Waals surface area (Å²) in [6.07, 6.45) is -4.47. The van der Waals surface area contributed by atoms with Crippen LogP contribution in [0.1, 0.15) is 33.4 Å². The SMILES string of the molecule is COc1ccc(CN(Cc2ccc(OC)cc2)S(=O)(=O)c2c(C(F)(F)F)ccc(-c3cccc4c3CC[N+](C)(C)C4)c2-c2nnnn2Cc2ccc(OC)cc2)cc1. The van der Waals surface area contributed by atoms with Crippen molar-refractivity contribution in [1.82, 2.24) is 24.5 Å². The van der Waals surface area contributed by atoms with Gasteiger partial charge in [0, 0.05) is 30.6 Å². The van der Waals surface area contributed by atoms with Gasteiger partial charge in [-0.15, -0.1) is 5.10 Å². The van der Waals surface area contributed by atoms with Crippen LogP contribution >= 0.6 is 0 Å². The molecule has 1 aliphatic rings. The number of methoxy groups -OCH3 is 3. The van der Waals surface area contributed by atoms with E-state index in [9.17, 15) is 0 Å².